The molecule has 0 aromatic rings. The Morgan fingerprint density at radius 1 is 0.622 bits per heavy atom. The summed E-state index contributed by atoms with van der Waals surface area (Å²) in [7, 11) is 0. The van der Waals surface area contributed by atoms with Crippen molar-refractivity contribution in [3.05, 3.63) is 12.2 Å². The average Bonchev–Trinajstić information content (AvgIpc) is 2.84. The van der Waals surface area contributed by atoms with Crippen LogP contribution in [-0.4, -0.2) is 48.8 Å². The van der Waals surface area contributed by atoms with Crippen molar-refractivity contribution >= 4 is 17.7 Å². The summed E-state index contributed by atoms with van der Waals surface area (Å²) < 4.78 is 0. The second-order valence-corrected chi connectivity index (χ2v) is 10.9. The zero-order valence-electron chi connectivity index (χ0n) is 24.8. The van der Waals surface area contributed by atoms with Gasteiger partial charge >= 0.3 is 0 Å². The molecule has 0 atom stereocenters. The number of rotatable bonds is 25. The van der Waals surface area contributed by atoms with E-state index in [4.69, 9.17) is 0 Å². The lowest BCUT2D eigenvalue weighted by Gasteiger charge is -2.23. The van der Waals surface area contributed by atoms with Crippen LogP contribution in [0.5, 0.6) is 0 Å². The molecule has 0 radical (unpaired) electrons. The predicted octanol–water partition coefficient (Wildman–Crippen LogP) is 6.93. The minimum atomic E-state index is -0.0112. The number of hydrogen-bond acceptors (Lipinski definition) is 3. The molecule has 2 N–H and O–H groups in total. The number of nitrogens with one attached hydrogen (secondary N) is 2. The van der Waals surface area contributed by atoms with E-state index in [9.17, 15) is 14.4 Å². The Kier molecular flexibility index (Phi) is 24.5. The zero-order valence-corrected chi connectivity index (χ0v) is 24.8. The lowest BCUT2D eigenvalue weighted by molar-refractivity contribution is -0.131. The van der Waals surface area contributed by atoms with Gasteiger partial charge < -0.3 is 15.5 Å². The molecule has 6 heteroatoms. The van der Waals surface area contributed by atoms with Gasteiger partial charge in [0.25, 0.3) is 0 Å². The lowest BCUT2D eigenvalue weighted by Crippen LogP contribution is -2.34. The number of carbonyl (C=O) groups is 3. The fourth-order valence-corrected chi connectivity index (χ4v) is 4.38. The Morgan fingerprint density at radius 2 is 1.08 bits per heavy atom. The van der Waals surface area contributed by atoms with Crippen LogP contribution in [0, 0.1) is 5.92 Å². The summed E-state index contributed by atoms with van der Waals surface area (Å²) >= 11 is 0. The molecule has 0 saturated carbocycles. The van der Waals surface area contributed by atoms with E-state index < -0.39 is 0 Å². The molecule has 216 valence electrons. The van der Waals surface area contributed by atoms with E-state index in [1.54, 1.807) is 0 Å². The van der Waals surface area contributed by atoms with Crippen molar-refractivity contribution in [1.82, 2.24) is 15.5 Å². The average molecular weight is 522 g/mol. The van der Waals surface area contributed by atoms with Crippen LogP contribution in [0.2, 0.25) is 0 Å². The Balaban J connectivity index is 3.93. The van der Waals surface area contributed by atoms with E-state index in [2.05, 4.69) is 36.6 Å². The summed E-state index contributed by atoms with van der Waals surface area (Å²) in [6, 6.07) is 0. The van der Waals surface area contributed by atoms with Gasteiger partial charge in [-0.3, -0.25) is 14.4 Å². The first-order valence-electron chi connectivity index (χ1n) is 15.2. The molecule has 3 amide bonds. The van der Waals surface area contributed by atoms with Gasteiger partial charge in [-0.05, 0) is 63.7 Å². The van der Waals surface area contributed by atoms with Gasteiger partial charge in [0.1, 0.15) is 0 Å². The van der Waals surface area contributed by atoms with Gasteiger partial charge in [-0.2, -0.15) is 0 Å². The maximum Gasteiger partial charge on any atom is 0.222 e. The molecule has 0 aliphatic rings. The number of unbranched alkanes of at least 4 members (excludes halogenated alkanes) is 11. The highest BCUT2D eigenvalue weighted by atomic mass is 16.2. The van der Waals surface area contributed by atoms with Crippen LogP contribution in [0.4, 0.5) is 0 Å². The van der Waals surface area contributed by atoms with E-state index in [1.165, 1.54) is 71.6 Å². The Morgan fingerprint density at radius 3 is 1.57 bits per heavy atom. The SMILES string of the molecule is CC(=O)NCCCCN(CCCCNC(C)=O)C(=O)CCCC/C=C/CCCCCCCCCC(C)C. The van der Waals surface area contributed by atoms with E-state index in [0.717, 1.165) is 64.0 Å². The molecule has 0 fully saturated rings. The molecule has 37 heavy (non-hydrogen) atoms. The van der Waals surface area contributed by atoms with Crippen LogP contribution >= 0.6 is 0 Å². The number of hydrogen-bond donors (Lipinski definition) is 2. The molecule has 0 saturated heterocycles. The van der Waals surface area contributed by atoms with Gasteiger partial charge in [0, 0.05) is 46.4 Å². The molecule has 0 aliphatic heterocycles. The molecular formula is C31H59N3O3. The molecule has 0 rings (SSSR count). The Bertz CT molecular complexity index is 581. The molecule has 0 spiro atoms. The van der Waals surface area contributed by atoms with E-state index in [0.29, 0.717) is 19.5 Å². The summed E-state index contributed by atoms with van der Waals surface area (Å²) in [5.74, 6) is 1.05. The number of amides is 3. The summed E-state index contributed by atoms with van der Waals surface area (Å²) in [5.41, 5.74) is 0. The second kappa shape index (κ2) is 25.8. The van der Waals surface area contributed by atoms with E-state index >= 15 is 0 Å². The van der Waals surface area contributed by atoms with Gasteiger partial charge in [-0.15, -0.1) is 0 Å². The van der Waals surface area contributed by atoms with Crippen LogP contribution in [0.3, 0.4) is 0 Å². The molecule has 0 heterocycles. The van der Waals surface area contributed by atoms with Crippen molar-refractivity contribution in [3.8, 4) is 0 Å². The predicted molar refractivity (Wildman–Crippen MR) is 156 cm³/mol. The third-order valence-corrected chi connectivity index (χ3v) is 6.64. The summed E-state index contributed by atoms with van der Waals surface area (Å²) in [4.78, 5) is 36.8. The van der Waals surface area contributed by atoms with E-state index in [1.807, 2.05) is 4.90 Å². The molecule has 0 aromatic heterocycles. The fourth-order valence-electron chi connectivity index (χ4n) is 4.38. The van der Waals surface area contributed by atoms with Crippen LogP contribution in [-0.2, 0) is 14.4 Å². The van der Waals surface area contributed by atoms with Gasteiger partial charge in [0.2, 0.25) is 17.7 Å². The van der Waals surface area contributed by atoms with Crippen LogP contribution in [0.25, 0.3) is 0 Å². The van der Waals surface area contributed by atoms with Crippen LogP contribution in [0.1, 0.15) is 137 Å². The second-order valence-electron chi connectivity index (χ2n) is 10.9. The largest absolute Gasteiger partial charge is 0.356 e. The normalized spacial score (nSPS) is 11.3. The highest BCUT2D eigenvalue weighted by molar-refractivity contribution is 5.76. The minimum Gasteiger partial charge on any atom is -0.356 e. The topological polar surface area (TPSA) is 78.5 Å². The fraction of sp³-hybridized carbons (Fsp3) is 0.839. The number of carbonyl (C=O) groups excluding carboxylic acids is 3. The smallest absolute Gasteiger partial charge is 0.222 e. The molecule has 6 nitrogen and oxygen atoms in total. The molecule has 0 unspecified atom stereocenters. The first-order valence-corrected chi connectivity index (χ1v) is 15.2. The van der Waals surface area contributed by atoms with E-state index in [-0.39, 0.29) is 17.7 Å². The Hall–Kier alpha value is -1.85. The van der Waals surface area contributed by atoms with Crippen molar-refractivity contribution in [1.29, 1.82) is 0 Å². The van der Waals surface area contributed by atoms with Crippen molar-refractivity contribution in [2.75, 3.05) is 26.2 Å². The quantitative estimate of drug-likeness (QED) is 0.101. The summed E-state index contributed by atoms with van der Waals surface area (Å²) in [5, 5.41) is 5.63. The third-order valence-electron chi connectivity index (χ3n) is 6.64. The minimum absolute atomic E-state index is 0.0112. The Labute approximate surface area is 228 Å². The van der Waals surface area contributed by atoms with Crippen LogP contribution < -0.4 is 10.6 Å². The molecule has 0 aliphatic carbocycles. The van der Waals surface area contributed by atoms with Crippen molar-refractivity contribution in [3.63, 3.8) is 0 Å². The van der Waals surface area contributed by atoms with Crippen molar-refractivity contribution in [2.24, 2.45) is 5.92 Å². The number of nitrogens with zero attached hydrogens (tertiary/aromatic N) is 1. The van der Waals surface area contributed by atoms with Gasteiger partial charge in [0.05, 0.1) is 0 Å². The number of allylic oxidation sites excluding steroid dienone is 2. The van der Waals surface area contributed by atoms with Crippen LogP contribution in [0.15, 0.2) is 12.2 Å². The summed E-state index contributed by atoms with van der Waals surface area (Å²) in [6.45, 7) is 10.4. The standard InChI is InChI=1S/C31H59N3O3/c1-28(2)22-16-14-12-10-8-6-5-7-9-11-13-15-17-23-31(37)34(26-20-18-24-32-29(3)35)27-21-19-25-33-30(4)36/h9,11,28H,5-8,10,12-27H2,1-4H3,(H,32,35)(H,33,36)/b11-9+. The molecule has 0 aromatic carbocycles. The van der Waals surface area contributed by atoms with Crippen molar-refractivity contribution in [2.45, 2.75) is 137 Å². The highest BCUT2D eigenvalue weighted by Crippen LogP contribution is 2.13. The highest BCUT2D eigenvalue weighted by Gasteiger charge is 2.12. The molecular weight excluding hydrogens is 462 g/mol. The monoisotopic (exact) mass is 521 g/mol. The third kappa shape index (κ3) is 27.0. The summed E-state index contributed by atoms with van der Waals surface area (Å²) in [6.07, 6.45) is 23.9. The first-order chi connectivity index (χ1) is 17.8. The zero-order chi connectivity index (χ0) is 27.6. The molecule has 0 bridgehead atoms. The van der Waals surface area contributed by atoms with Gasteiger partial charge in [-0.25, -0.2) is 0 Å². The maximum absolute atomic E-state index is 12.8. The first kappa shape index (κ1) is 35.2. The van der Waals surface area contributed by atoms with Crippen molar-refractivity contribution < 1.29 is 14.4 Å². The maximum atomic E-state index is 12.8. The van der Waals surface area contributed by atoms with Gasteiger partial charge in [-0.1, -0.05) is 70.9 Å². The van der Waals surface area contributed by atoms with Gasteiger partial charge in [0.15, 0.2) is 0 Å². The lowest BCUT2D eigenvalue weighted by atomic mass is 10.0.